The van der Waals surface area contributed by atoms with Crippen molar-refractivity contribution in [2.75, 3.05) is 0 Å². The minimum atomic E-state index is -0.528. The van der Waals surface area contributed by atoms with Crippen molar-refractivity contribution in [3.05, 3.63) is 47.6 Å². The van der Waals surface area contributed by atoms with Gasteiger partial charge in [0.25, 0.3) is 0 Å². The summed E-state index contributed by atoms with van der Waals surface area (Å²) in [6.07, 6.45) is 16.7. The Kier molecular flexibility index (Phi) is 6.95. The fraction of sp³-hybridized carbons (Fsp3) is 0.704. The Hall–Kier alpha value is -1.12. The molecule has 0 saturated heterocycles. The molecule has 2 N–H and O–H groups in total. The number of allylic oxidation sites excluding steroid dienone is 4. The number of rotatable bonds is 6. The molecule has 3 rings (SSSR count). The fourth-order valence-electron chi connectivity index (χ4n) is 6.16. The predicted molar refractivity (Wildman–Crippen MR) is 123 cm³/mol. The van der Waals surface area contributed by atoms with Crippen LogP contribution >= 0.6 is 0 Å². The van der Waals surface area contributed by atoms with Crippen LogP contribution in [0, 0.1) is 17.3 Å². The molecule has 2 nitrogen and oxygen atoms in total. The average molecular weight is 399 g/mol. The van der Waals surface area contributed by atoms with E-state index in [1.807, 2.05) is 13.8 Å². The lowest BCUT2D eigenvalue weighted by Crippen LogP contribution is -2.33. The fourth-order valence-corrected chi connectivity index (χ4v) is 6.16. The number of hydrogen-bond donors (Lipinski definition) is 2. The zero-order valence-electron chi connectivity index (χ0n) is 19.0. The van der Waals surface area contributed by atoms with Gasteiger partial charge in [0, 0.05) is 6.42 Å². The number of fused-ring (bicyclic) bond motifs is 1. The summed E-state index contributed by atoms with van der Waals surface area (Å²) in [6, 6.07) is 0. The smallest absolute Gasteiger partial charge is 0.0791 e. The minimum absolute atomic E-state index is 0.415. The Morgan fingerprint density at radius 1 is 1.17 bits per heavy atom. The third-order valence-corrected chi connectivity index (χ3v) is 8.03. The van der Waals surface area contributed by atoms with Crippen molar-refractivity contribution < 1.29 is 10.2 Å². The van der Waals surface area contributed by atoms with Gasteiger partial charge in [0.1, 0.15) is 0 Å². The van der Waals surface area contributed by atoms with Crippen molar-refractivity contribution in [2.45, 2.75) is 103 Å². The van der Waals surface area contributed by atoms with Crippen molar-refractivity contribution >= 4 is 0 Å². The lowest BCUT2D eigenvalue weighted by atomic mass is 9.62. The maximum atomic E-state index is 10.2. The van der Waals surface area contributed by atoms with Crippen LogP contribution in [0.4, 0.5) is 0 Å². The van der Waals surface area contributed by atoms with Crippen LogP contribution in [0.15, 0.2) is 47.6 Å². The van der Waals surface area contributed by atoms with Gasteiger partial charge in [-0.3, -0.25) is 0 Å². The summed E-state index contributed by atoms with van der Waals surface area (Å²) in [7, 11) is 0. The van der Waals surface area contributed by atoms with Gasteiger partial charge in [-0.05, 0) is 99.2 Å². The highest BCUT2D eigenvalue weighted by Crippen LogP contribution is 2.58. The highest BCUT2D eigenvalue weighted by Gasteiger charge is 2.48. The molecule has 0 spiro atoms. The molecule has 2 heteroatoms. The van der Waals surface area contributed by atoms with E-state index < -0.39 is 11.7 Å². The second-order valence-corrected chi connectivity index (χ2v) is 10.8. The van der Waals surface area contributed by atoms with Gasteiger partial charge in [-0.1, -0.05) is 50.6 Å². The van der Waals surface area contributed by atoms with Crippen molar-refractivity contribution in [1.29, 1.82) is 0 Å². The molecule has 0 heterocycles. The van der Waals surface area contributed by atoms with E-state index in [9.17, 15) is 10.2 Å². The summed E-state index contributed by atoms with van der Waals surface area (Å²) in [5.41, 5.74) is 4.75. The standard InChI is InChI=1S/C27H42O2/c1-19-17-20(2)25(28)18-22(19)12-11-21-9-8-16-27(5)23(13-14-24(21)27)10-6-7-15-26(3,4)29/h11-12,23-25,28-29H,1-2,6-10,13-18H2,3-5H3/b21-11+,22-12+. The van der Waals surface area contributed by atoms with E-state index in [4.69, 9.17) is 0 Å². The SMILES string of the molecule is C=C1CC(=C)C(O)C/C1=C\C=C1/CCCC2(C)C(CCCCC(C)(C)O)CCC12. The molecule has 0 aliphatic heterocycles. The third kappa shape index (κ3) is 5.33. The first-order chi connectivity index (χ1) is 13.6. The Bertz CT molecular complexity index is 690. The Balaban J connectivity index is 1.65. The molecule has 3 saturated carbocycles. The Morgan fingerprint density at radius 3 is 2.66 bits per heavy atom. The molecule has 0 aromatic heterocycles. The van der Waals surface area contributed by atoms with Crippen LogP contribution in [-0.2, 0) is 0 Å². The lowest BCUT2D eigenvalue weighted by molar-refractivity contribution is 0.0660. The number of aliphatic hydroxyl groups is 2. The molecule has 3 fully saturated rings. The molecule has 0 aromatic carbocycles. The number of aliphatic hydroxyl groups excluding tert-OH is 1. The van der Waals surface area contributed by atoms with E-state index in [2.05, 4.69) is 32.2 Å². The van der Waals surface area contributed by atoms with Gasteiger partial charge in [0.2, 0.25) is 0 Å². The zero-order chi connectivity index (χ0) is 21.2. The minimum Gasteiger partial charge on any atom is -0.390 e. The predicted octanol–water partition coefficient (Wildman–Crippen LogP) is 6.65. The monoisotopic (exact) mass is 398 g/mol. The summed E-state index contributed by atoms with van der Waals surface area (Å²) in [6.45, 7) is 14.6. The summed E-state index contributed by atoms with van der Waals surface area (Å²) < 4.78 is 0. The van der Waals surface area contributed by atoms with Gasteiger partial charge >= 0.3 is 0 Å². The first kappa shape index (κ1) is 22.6. The zero-order valence-corrected chi connectivity index (χ0v) is 19.0. The molecule has 3 aliphatic carbocycles. The molecule has 0 aromatic rings. The normalized spacial score (nSPS) is 36.1. The Morgan fingerprint density at radius 2 is 1.93 bits per heavy atom. The number of unbranched alkanes of at least 4 members (excludes halogenated alkanes) is 1. The maximum Gasteiger partial charge on any atom is 0.0791 e. The van der Waals surface area contributed by atoms with Crippen LogP contribution in [0.25, 0.3) is 0 Å². The van der Waals surface area contributed by atoms with E-state index in [1.165, 1.54) is 50.5 Å². The van der Waals surface area contributed by atoms with E-state index in [-0.39, 0.29) is 0 Å². The maximum absolute atomic E-state index is 10.2. The summed E-state index contributed by atoms with van der Waals surface area (Å²) in [5, 5.41) is 20.1. The summed E-state index contributed by atoms with van der Waals surface area (Å²) in [4.78, 5) is 0. The summed E-state index contributed by atoms with van der Waals surface area (Å²) >= 11 is 0. The van der Waals surface area contributed by atoms with Crippen LogP contribution in [0.5, 0.6) is 0 Å². The van der Waals surface area contributed by atoms with Crippen LogP contribution in [0.3, 0.4) is 0 Å². The molecule has 162 valence electrons. The van der Waals surface area contributed by atoms with Crippen molar-refractivity contribution in [3.8, 4) is 0 Å². The molecule has 29 heavy (non-hydrogen) atoms. The van der Waals surface area contributed by atoms with Crippen LogP contribution in [0.1, 0.15) is 91.4 Å². The Labute approximate surface area is 178 Å². The van der Waals surface area contributed by atoms with Gasteiger partial charge in [0.15, 0.2) is 0 Å². The first-order valence-electron chi connectivity index (χ1n) is 11.8. The van der Waals surface area contributed by atoms with Gasteiger partial charge in [0.05, 0.1) is 11.7 Å². The molecule has 4 unspecified atom stereocenters. The van der Waals surface area contributed by atoms with Gasteiger partial charge in [-0.15, -0.1) is 0 Å². The quantitative estimate of drug-likeness (QED) is 0.388. The topological polar surface area (TPSA) is 40.5 Å². The van der Waals surface area contributed by atoms with Crippen LogP contribution in [0.2, 0.25) is 0 Å². The molecule has 4 atom stereocenters. The molecular weight excluding hydrogens is 356 g/mol. The molecular formula is C27H42O2. The molecule has 0 radical (unpaired) electrons. The second kappa shape index (κ2) is 8.94. The lowest BCUT2D eigenvalue weighted by Gasteiger charge is -2.42. The highest BCUT2D eigenvalue weighted by molar-refractivity contribution is 5.41. The molecule has 3 aliphatic rings. The van der Waals surface area contributed by atoms with E-state index in [0.29, 0.717) is 17.8 Å². The van der Waals surface area contributed by atoms with Gasteiger partial charge < -0.3 is 10.2 Å². The largest absolute Gasteiger partial charge is 0.390 e. The third-order valence-electron chi connectivity index (χ3n) is 8.03. The second-order valence-electron chi connectivity index (χ2n) is 10.8. The van der Waals surface area contributed by atoms with Gasteiger partial charge in [-0.25, -0.2) is 0 Å². The molecule has 0 bridgehead atoms. The number of hydrogen-bond acceptors (Lipinski definition) is 2. The first-order valence-corrected chi connectivity index (χ1v) is 11.8. The van der Waals surface area contributed by atoms with E-state index >= 15 is 0 Å². The van der Waals surface area contributed by atoms with Gasteiger partial charge in [-0.2, -0.15) is 0 Å². The average Bonchev–Trinajstić information content (AvgIpc) is 2.97. The van der Waals surface area contributed by atoms with Crippen molar-refractivity contribution in [1.82, 2.24) is 0 Å². The van der Waals surface area contributed by atoms with Crippen LogP contribution in [-0.4, -0.2) is 21.9 Å². The van der Waals surface area contributed by atoms with E-state index in [0.717, 1.165) is 36.3 Å². The van der Waals surface area contributed by atoms with Crippen molar-refractivity contribution in [3.63, 3.8) is 0 Å². The van der Waals surface area contributed by atoms with Crippen molar-refractivity contribution in [2.24, 2.45) is 17.3 Å². The van der Waals surface area contributed by atoms with Crippen LogP contribution < -0.4 is 0 Å². The van der Waals surface area contributed by atoms with E-state index in [1.54, 1.807) is 5.57 Å². The summed E-state index contributed by atoms with van der Waals surface area (Å²) in [5.74, 6) is 1.53. The molecule has 0 amide bonds. The highest BCUT2D eigenvalue weighted by atomic mass is 16.3.